The van der Waals surface area contributed by atoms with E-state index in [-0.39, 0.29) is 11.7 Å². The van der Waals surface area contributed by atoms with E-state index in [2.05, 4.69) is 52.5 Å². The monoisotopic (exact) mass is 443 g/mol. The van der Waals surface area contributed by atoms with Crippen LogP contribution >= 0.6 is 11.8 Å². The molecule has 0 aliphatic carbocycles. The van der Waals surface area contributed by atoms with Crippen molar-refractivity contribution in [2.75, 3.05) is 12.3 Å². The predicted molar refractivity (Wildman–Crippen MR) is 128 cm³/mol. The van der Waals surface area contributed by atoms with E-state index in [9.17, 15) is 4.79 Å². The van der Waals surface area contributed by atoms with E-state index < -0.39 is 0 Å². The lowest BCUT2D eigenvalue weighted by atomic mass is 10.1. The van der Waals surface area contributed by atoms with E-state index in [0.717, 1.165) is 29.1 Å². The van der Waals surface area contributed by atoms with Crippen LogP contribution in [0.15, 0.2) is 78.2 Å². The van der Waals surface area contributed by atoms with Crippen LogP contribution in [0.5, 0.6) is 0 Å². The number of nitrogens with zero attached hydrogens (tertiary/aromatic N) is 4. The Morgan fingerprint density at radius 1 is 0.938 bits per heavy atom. The second-order valence-corrected chi connectivity index (χ2v) is 8.42. The standard InChI is InChI=1S/C25H25N5OS/c1-18-7-3-5-9-20(18)13-16-27-23(31)17-32-25-29-28-24(21-11-14-26-15-12-21)30(25)22-10-6-4-8-19(22)2/h3-12,14-15H,13,16-17H2,1-2H3,(H,27,31). The lowest BCUT2D eigenvalue weighted by Gasteiger charge is -2.13. The van der Waals surface area contributed by atoms with Gasteiger partial charge in [-0.1, -0.05) is 54.2 Å². The third kappa shape index (κ3) is 5.06. The highest BCUT2D eigenvalue weighted by atomic mass is 32.2. The average molecular weight is 444 g/mol. The van der Waals surface area contributed by atoms with Crippen LogP contribution in [0.25, 0.3) is 17.1 Å². The molecule has 0 unspecified atom stereocenters. The third-order valence-electron chi connectivity index (χ3n) is 5.24. The van der Waals surface area contributed by atoms with Crippen molar-refractivity contribution in [2.45, 2.75) is 25.4 Å². The number of rotatable bonds is 8. The first-order chi connectivity index (χ1) is 15.6. The van der Waals surface area contributed by atoms with Crippen molar-refractivity contribution in [3.8, 4) is 17.1 Å². The Labute approximate surface area is 192 Å². The summed E-state index contributed by atoms with van der Waals surface area (Å²) in [6.45, 7) is 4.75. The topological polar surface area (TPSA) is 72.7 Å². The fourth-order valence-corrected chi connectivity index (χ4v) is 4.27. The number of amides is 1. The maximum Gasteiger partial charge on any atom is 0.230 e. The Bertz CT molecular complexity index is 1210. The zero-order chi connectivity index (χ0) is 22.3. The number of hydrogen-bond acceptors (Lipinski definition) is 5. The summed E-state index contributed by atoms with van der Waals surface area (Å²) in [4.78, 5) is 16.6. The molecular formula is C25H25N5OS. The van der Waals surface area contributed by atoms with Gasteiger partial charge in [-0.15, -0.1) is 10.2 Å². The quantitative estimate of drug-likeness (QED) is 0.409. The van der Waals surface area contributed by atoms with Gasteiger partial charge in [0, 0.05) is 24.5 Å². The number of para-hydroxylation sites is 1. The van der Waals surface area contributed by atoms with Crippen molar-refractivity contribution in [3.05, 3.63) is 89.7 Å². The second-order valence-electron chi connectivity index (χ2n) is 7.48. The van der Waals surface area contributed by atoms with Crippen LogP contribution in [0.4, 0.5) is 0 Å². The van der Waals surface area contributed by atoms with Gasteiger partial charge in [-0.3, -0.25) is 14.3 Å². The number of hydrogen-bond donors (Lipinski definition) is 1. The van der Waals surface area contributed by atoms with Crippen LogP contribution in [-0.4, -0.2) is 38.0 Å². The Morgan fingerprint density at radius 3 is 2.41 bits per heavy atom. The lowest BCUT2D eigenvalue weighted by Crippen LogP contribution is -2.27. The van der Waals surface area contributed by atoms with Crippen LogP contribution in [0.1, 0.15) is 16.7 Å². The Balaban J connectivity index is 1.48. The normalized spacial score (nSPS) is 10.8. The van der Waals surface area contributed by atoms with Gasteiger partial charge in [-0.2, -0.15) is 0 Å². The summed E-state index contributed by atoms with van der Waals surface area (Å²) in [6, 6.07) is 20.1. The van der Waals surface area contributed by atoms with E-state index in [1.54, 1.807) is 12.4 Å². The third-order valence-corrected chi connectivity index (χ3v) is 6.17. The lowest BCUT2D eigenvalue weighted by molar-refractivity contribution is -0.118. The molecule has 162 valence electrons. The minimum Gasteiger partial charge on any atom is -0.355 e. The Hall–Kier alpha value is -3.45. The number of aromatic nitrogens is 4. The maximum absolute atomic E-state index is 12.5. The smallest absolute Gasteiger partial charge is 0.230 e. The molecule has 0 spiro atoms. The highest BCUT2D eigenvalue weighted by Crippen LogP contribution is 2.29. The zero-order valence-corrected chi connectivity index (χ0v) is 19.0. The van der Waals surface area contributed by atoms with Gasteiger partial charge < -0.3 is 5.32 Å². The molecule has 4 rings (SSSR count). The number of pyridine rings is 1. The molecule has 0 atom stereocenters. The first-order valence-corrected chi connectivity index (χ1v) is 11.5. The number of thioether (sulfide) groups is 1. The van der Waals surface area contributed by atoms with Crippen LogP contribution in [0.3, 0.4) is 0 Å². The molecule has 2 heterocycles. The summed E-state index contributed by atoms with van der Waals surface area (Å²) < 4.78 is 2.01. The summed E-state index contributed by atoms with van der Waals surface area (Å²) in [5, 5.41) is 12.5. The van der Waals surface area contributed by atoms with E-state index in [0.29, 0.717) is 11.7 Å². The average Bonchev–Trinajstić information content (AvgIpc) is 3.23. The van der Waals surface area contributed by atoms with Crippen molar-refractivity contribution in [3.63, 3.8) is 0 Å². The number of nitrogens with one attached hydrogen (secondary N) is 1. The SMILES string of the molecule is Cc1ccccc1CCNC(=O)CSc1nnc(-c2ccncc2)n1-c1ccccc1C. The highest BCUT2D eigenvalue weighted by Gasteiger charge is 2.18. The molecule has 1 amide bonds. The maximum atomic E-state index is 12.5. The highest BCUT2D eigenvalue weighted by molar-refractivity contribution is 7.99. The summed E-state index contributed by atoms with van der Waals surface area (Å²) in [5.74, 6) is 0.978. The molecule has 2 aromatic heterocycles. The molecule has 32 heavy (non-hydrogen) atoms. The predicted octanol–water partition coefficient (Wildman–Crippen LogP) is 4.40. The molecule has 6 nitrogen and oxygen atoms in total. The molecule has 7 heteroatoms. The molecular weight excluding hydrogens is 418 g/mol. The van der Waals surface area contributed by atoms with Crippen LogP contribution in [0, 0.1) is 13.8 Å². The van der Waals surface area contributed by atoms with Crippen molar-refractivity contribution in [2.24, 2.45) is 0 Å². The van der Waals surface area contributed by atoms with Crippen molar-refractivity contribution >= 4 is 17.7 Å². The second kappa shape index (κ2) is 10.2. The molecule has 4 aromatic rings. The molecule has 0 radical (unpaired) electrons. The minimum absolute atomic E-state index is 0.0200. The van der Waals surface area contributed by atoms with Gasteiger partial charge in [0.25, 0.3) is 0 Å². The Morgan fingerprint density at radius 2 is 1.66 bits per heavy atom. The summed E-state index contributed by atoms with van der Waals surface area (Å²) in [7, 11) is 0. The van der Waals surface area contributed by atoms with Crippen LogP contribution in [-0.2, 0) is 11.2 Å². The number of carbonyl (C=O) groups excluding carboxylic acids is 1. The summed E-state index contributed by atoms with van der Waals surface area (Å²) >= 11 is 1.39. The minimum atomic E-state index is -0.0200. The van der Waals surface area contributed by atoms with Gasteiger partial charge in [0.1, 0.15) is 0 Å². The van der Waals surface area contributed by atoms with Gasteiger partial charge in [-0.05, 0) is 55.2 Å². The molecule has 0 aliphatic heterocycles. The van der Waals surface area contributed by atoms with Gasteiger partial charge in [-0.25, -0.2) is 0 Å². The molecule has 0 bridgehead atoms. The first-order valence-electron chi connectivity index (χ1n) is 10.5. The van der Waals surface area contributed by atoms with Crippen molar-refractivity contribution in [1.29, 1.82) is 0 Å². The number of carbonyl (C=O) groups is 1. The fraction of sp³-hybridized carbons (Fsp3) is 0.200. The van der Waals surface area contributed by atoms with E-state index in [1.165, 1.54) is 22.9 Å². The largest absolute Gasteiger partial charge is 0.355 e. The van der Waals surface area contributed by atoms with Gasteiger partial charge in [0.15, 0.2) is 11.0 Å². The molecule has 0 saturated carbocycles. The van der Waals surface area contributed by atoms with Crippen LogP contribution in [0.2, 0.25) is 0 Å². The zero-order valence-electron chi connectivity index (χ0n) is 18.2. The van der Waals surface area contributed by atoms with Crippen molar-refractivity contribution < 1.29 is 4.79 Å². The van der Waals surface area contributed by atoms with E-state index in [4.69, 9.17) is 0 Å². The molecule has 0 aliphatic rings. The molecule has 0 saturated heterocycles. The first kappa shape index (κ1) is 21.8. The van der Waals surface area contributed by atoms with Gasteiger partial charge in [0.05, 0.1) is 11.4 Å². The van der Waals surface area contributed by atoms with Crippen LogP contribution < -0.4 is 5.32 Å². The fourth-order valence-electron chi connectivity index (χ4n) is 3.49. The number of benzene rings is 2. The van der Waals surface area contributed by atoms with Gasteiger partial charge >= 0.3 is 0 Å². The molecule has 0 fully saturated rings. The van der Waals surface area contributed by atoms with E-state index >= 15 is 0 Å². The molecule has 2 aromatic carbocycles. The summed E-state index contributed by atoms with van der Waals surface area (Å²) in [5.41, 5.74) is 5.51. The Kier molecular flexibility index (Phi) is 6.97. The summed E-state index contributed by atoms with van der Waals surface area (Å²) in [6.07, 6.45) is 4.29. The van der Waals surface area contributed by atoms with Crippen molar-refractivity contribution in [1.82, 2.24) is 25.1 Å². The van der Waals surface area contributed by atoms with Gasteiger partial charge in [0.2, 0.25) is 5.91 Å². The molecule has 1 N–H and O–H groups in total. The number of aryl methyl sites for hydroxylation is 2. The van der Waals surface area contributed by atoms with E-state index in [1.807, 2.05) is 47.0 Å².